The lowest BCUT2D eigenvalue weighted by molar-refractivity contribution is 0.0341. The summed E-state index contributed by atoms with van der Waals surface area (Å²) in [5, 5.41) is 0.519. The summed E-state index contributed by atoms with van der Waals surface area (Å²) in [4.78, 5) is 39.5. The Morgan fingerprint density at radius 2 is 1.75 bits per heavy atom. The third-order valence-corrected chi connectivity index (χ3v) is 9.69. The van der Waals surface area contributed by atoms with Crippen molar-refractivity contribution in [2.45, 2.75) is 19.9 Å². The van der Waals surface area contributed by atoms with Crippen molar-refractivity contribution in [2.75, 3.05) is 32.9 Å². The SMILES string of the molecule is CCOc1ccn(-c2ccc(Cl)cc2)c(=O)c1C(=O)Cc1ccc(Oc2ccnc3cc(-c4ccc(CN5CCOCC5)cn4)sc23)c(F)c1.Cl. The van der Waals surface area contributed by atoms with Gasteiger partial charge in [-0.15, -0.1) is 23.7 Å². The monoisotopic (exact) mass is 746 g/mol. The first kappa shape index (κ1) is 36.2. The number of carbonyl (C=O) groups is 1. The molecule has 9 nitrogen and oxygen atoms in total. The normalized spacial score (nSPS) is 13.2. The molecule has 5 heterocycles. The highest BCUT2D eigenvalue weighted by atomic mass is 35.5. The number of halogens is 3. The number of hydrogen-bond acceptors (Lipinski definition) is 9. The summed E-state index contributed by atoms with van der Waals surface area (Å²) < 4.78 is 34.7. The highest BCUT2D eigenvalue weighted by Gasteiger charge is 2.22. The average molecular weight is 748 g/mol. The Balaban J connectivity index is 0.00000448. The molecule has 0 unspecified atom stereocenters. The second-order valence-corrected chi connectivity index (χ2v) is 13.2. The van der Waals surface area contributed by atoms with Gasteiger partial charge in [-0.1, -0.05) is 23.7 Å². The van der Waals surface area contributed by atoms with Gasteiger partial charge in [0.25, 0.3) is 5.56 Å². The van der Waals surface area contributed by atoms with Crippen LogP contribution in [0.15, 0.2) is 96.2 Å². The number of carbonyl (C=O) groups excluding carboxylic acids is 1. The quantitative estimate of drug-likeness (QED) is 0.123. The van der Waals surface area contributed by atoms with Crippen LogP contribution in [-0.4, -0.2) is 58.1 Å². The standard InChI is InChI=1S/C38H32ClFN4O5S.ClH/c1-2-48-33-12-14-44(27-7-5-26(39)6-8-27)38(46)36(33)31(45)20-24-4-10-32(28(40)19-24)49-34-11-13-41-30-21-35(50-37(30)34)29-9-3-25(22-42-29)23-43-15-17-47-18-16-43;/h3-14,19,21-22H,2,15-18,20,23H2,1H3;1H. The van der Waals surface area contributed by atoms with Gasteiger partial charge in [0.05, 0.1) is 40.6 Å². The van der Waals surface area contributed by atoms with Crippen LogP contribution in [0.25, 0.3) is 26.5 Å². The fourth-order valence-electron chi connectivity index (χ4n) is 5.79. The number of morpholine rings is 1. The lowest BCUT2D eigenvalue weighted by atomic mass is 10.0. The van der Waals surface area contributed by atoms with Gasteiger partial charge in [-0.3, -0.25) is 29.0 Å². The van der Waals surface area contributed by atoms with Crippen molar-refractivity contribution in [2.24, 2.45) is 0 Å². The van der Waals surface area contributed by atoms with Crippen molar-refractivity contribution in [3.05, 3.63) is 129 Å². The van der Waals surface area contributed by atoms with Gasteiger partial charge in [0, 0.05) is 61.4 Å². The van der Waals surface area contributed by atoms with Crippen molar-refractivity contribution in [1.29, 1.82) is 0 Å². The predicted molar refractivity (Wildman–Crippen MR) is 199 cm³/mol. The second kappa shape index (κ2) is 16.1. The number of benzene rings is 2. The lowest BCUT2D eigenvalue weighted by Crippen LogP contribution is -2.35. The molecule has 13 heteroatoms. The van der Waals surface area contributed by atoms with Crippen LogP contribution in [0.3, 0.4) is 0 Å². The molecule has 1 saturated heterocycles. The second-order valence-electron chi connectivity index (χ2n) is 11.7. The predicted octanol–water partition coefficient (Wildman–Crippen LogP) is 8.17. The Hall–Kier alpha value is -4.65. The molecule has 0 aliphatic carbocycles. The fourth-order valence-corrected chi connectivity index (χ4v) is 6.96. The van der Waals surface area contributed by atoms with Gasteiger partial charge in [-0.2, -0.15) is 0 Å². The van der Waals surface area contributed by atoms with Gasteiger partial charge in [-0.05, 0) is 72.6 Å². The summed E-state index contributed by atoms with van der Waals surface area (Å²) >= 11 is 7.48. The molecule has 6 aromatic rings. The van der Waals surface area contributed by atoms with Crippen LogP contribution in [0.5, 0.6) is 17.2 Å². The molecule has 0 saturated carbocycles. The first-order valence-corrected chi connectivity index (χ1v) is 17.3. The topological polar surface area (TPSA) is 95.8 Å². The van der Waals surface area contributed by atoms with Crippen LogP contribution in [0.1, 0.15) is 28.4 Å². The van der Waals surface area contributed by atoms with Crippen molar-refractivity contribution in [3.63, 3.8) is 0 Å². The third-order valence-electron chi connectivity index (χ3n) is 8.28. The van der Waals surface area contributed by atoms with E-state index in [1.807, 2.05) is 18.3 Å². The van der Waals surface area contributed by atoms with Gasteiger partial charge in [0.1, 0.15) is 17.1 Å². The van der Waals surface area contributed by atoms with Gasteiger partial charge in [0.2, 0.25) is 0 Å². The summed E-state index contributed by atoms with van der Waals surface area (Å²) in [5.41, 5.74) is 2.93. The number of aromatic nitrogens is 3. The molecule has 0 radical (unpaired) electrons. The van der Waals surface area contributed by atoms with E-state index in [0.717, 1.165) is 53.7 Å². The van der Waals surface area contributed by atoms with Crippen LogP contribution in [-0.2, 0) is 17.7 Å². The maximum absolute atomic E-state index is 15.5. The van der Waals surface area contributed by atoms with E-state index >= 15 is 4.39 Å². The smallest absolute Gasteiger partial charge is 0.269 e. The maximum atomic E-state index is 15.5. The minimum atomic E-state index is -0.647. The molecule has 51 heavy (non-hydrogen) atoms. The van der Waals surface area contributed by atoms with Crippen molar-refractivity contribution in [1.82, 2.24) is 19.4 Å². The molecule has 1 aliphatic rings. The molecule has 0 bridgehead atoms. The van der Waals surface area contributed by atoms with Crippen molar-refractivity contribution in [3.8, 4) is 33.5 Å². The van der Waals surface area contributed by atoms with Gasteiger partial charge in [0.15, 0.2) is 17.3 Å². The largest absolute Gasteiger partial charge is 0.493 e. The highest BCUT2D eigenvalue weighted by molar-refractivity contribution is 7.22. The Morgan fingerprint density at radius 1 is 0.961 bits per heavy atom. The molecule has 1 fully saturated rings. The van der Waals surface area contributed by atoms with Crippen LogP contribution >= 0.6 is 35.3 Å². The number of Topliss-reactive ketones (excluding diaryl/α,β-unsaturated/α-hetero) is 1. The minimum Gasteiger partial charge on any atom is -0.493 e. The number of ether oxygens (including phenoxy) is 3. The van der Waals surface area contributed by atoms with Gasteiger partial charge >= 0.3 is 0 Å². The Labute approximate surface area is 308 Å². The van der Waals surface area contributed by atoms with E-state index in [9.17, 15) is 9.59 Å². The summed E-state index contributed by atoms with van der Waals surface area (Å²) in [7, 11) is 0. The van der Waals surface area contributed by atoms with E-state index in [0.29, 0.717) is 27.5 Å². The van der Waals surface area contributed by atoms with Crippen molar-refractivity contribution < 1.29 is 23.4 Å². The molecular formula is C38H33Cl2FN4O5S. The number of rotatable bonds is 11. The average Bonchev–Trinajstić information content (AvgIpc) is 3.56. The third kappa shape index (κ3) is 8.14. The lowest BCUT2D eigenvalue weighted by Gasteiger charge is -2.26. The Kier molecular flexibility index (Phi) is 11.4. The van der Waals surface area contributed by atoms with Crippen LogP contribution in [0, 0.1) is 5.82 Å². The molecular weight excluding hydrogens is 714 g/mol. The number of ketones is 1. The molecule has 0 N–H and O–H groups in total. The van der Waals surface area contributed by atoms with Gasteiger partial charge < -0.3 is 14.2 Å². The molecule has 1 aliphatic heterocycles. The summed E-state index contributed by atoms with van der Waals surface area (Å²) in [6.07, 6.45) is 4.84. The number of pyridine rings is 3. The Bertz CT molecular complexity index is 2220. The van der Waals surface area contributed by atoms with E-state index in [2.05, 4.69) is 16.0 Å². The first-order chi connectivity index (χ1) is 24.4. The molecule has 0 spiro atoms. The fraction of sp³-hybridized carbons (Fsp3) is 0.211. The van der Waals surface area contributed by atoms with Crippen LogP contribution < -0.4 is 15.0 Å². The van der Waals surface area contributed by atoms with E-state index in [-0.39, 0.29) is 42.5 Å². The summed E-state index contributed by atoms with van der Waals surface area (Å²) in [6, 6.07) is 20.3. The molecule has 4 aromatic heterocycles. The number of hydrogen-bond donors (Lipinski definition) is 0. The minimum absolute atomic E-state index is 0. The maximum Gasteiger partial charge on any atom is 0.269 e. The Morgan fingerprint density at radius 3 is 2.47 bits per heavy atom. The van der Waals surface area contributed by atoms with Gasteiger partial charge in [-0.25, -0.2) is 4.39 Å². The van der Waals surface area contributed by atoms with Crippen molar-refractivity contribution >= 4 is 51.3 Å². The molecule has 2 aromatic carbocycles. The van der Waals surface area contributed by atoms with Crippen LogP contribution in [0.2, 0.25) is 5.02 Å². The number of thiophene rings is 1. The number of fused-ring (bicyclic) bond motifs is 1. The molecule has 0 atom stereocenters. The number of nitrogens with zero attached hydrogens (tertiary/aromatic N) is 4. The zero-order chi connectivity index (χ0) is 34.6. The van der Waals surface area contributed by atoms with E-state index < -0.39 is 17.2 Å². The van der Waals surface area contributed by atoms with E-state index in [1.54, 1.807) is 61.8 Å². The molecule has 262 valence electrons. The summed E-state index contributed by atoms with van der Waals surface area (Å²) in [5.74, 6) is -0.532. The highest BCUT2D eigenvalue weighted by Crippen LogP contribution is 2.39. The first-order valence-electron chi connectivity index (χ1n) is 16.1. The molecule has 7 rings (SSSR count). The zero-order valence-corrected chi connectivity index (χ0v) is 29.9. The zero-order valence-electron chi connectivity index (χ0n) is 27.5. The van der Waals surface area contributed by atoms with E-state index in [4.69, 9.17) is 30.8 Å². The van der Waals surface area contributed by atoms with Crippen LogP contribution in [0.4, 0.5) is 4.39 Å². The molecule has 0 amide bonds. The van der Waals surface area contributed by atoms with E-state index in [1.165, 1.54) is 28.0 Å². The summed E-state index contributed by atoms with van der Waals surface area (Å²) in [6.45, 7) is 6.16.